The van der Waals surface area contributed by atoms with Crippen LogP contribution in [-0.4, -0.2) is 22.9 Å². The summed E-state index contributed by atoms with van der Waals surface area (Å²) in [6.07, 6.45) is 5.71. The second-order valence-corrected chi connectivity index (χ2v) is 7.18. The van der Waals surface area contributed by atoms with E-state index in [2.05, 4.69) is 41.4 Å². The Morgan fingerprint density at radius 1 is 1.24 bits per heavy atom. The van der Waals surface area contributed by atoms with E-state index in [1.807, 2.05) is 6.07 Å². The van der Waals surface area contributed by atoms with Crippen LogP contribution < -0.4 is 5.32 Å². The van der Waals surface area contributed by atoms with Gasteiger partial charge in [-0.25, -0.2) is 0 Å². The first-order valence-corrected chi connectivity index (χ1v) is 8.33. The van der Waals surface area contributed by atoms with Crippen molar-refractivity contribution >= 4 is 5.91 Å². The Hall–Kier alpha value is -1.35. The van der Waals surface area contributed by atoms with E-state index in [4.69, 9.17) is 0 Å². The highest BCUT2D eigenvalue weighted by molar-refractivity contribution is 5.89. The number of carbonyl (C=O) groups excluding carboxylic acids is 1. The quantitative estimate of drug-likeness (QED) is 0.925. The van der Waals surface area contributed by atoms with E-state index in [1.54, 1.807) is 0 Å². The number of rotatable bonds is 3. The maximum Gasteiger partial charge on any atom is 0.244 e. The van der Waals surface area contributed by atoms with Crippen molar-refractivity contribution in [2.24, 2.45) is 11.8 Å². The van der Waals surface area contributed by atoms with Gasteiger partial charge in [-0.2, -0.15) is 0 Å². The lowest BCUT2D eigenvalue weighted by atomic mass is 9.98. The molecule has 3 fully saturated rings. The topological polar surface area (TPSA) is 32.3 Å². The standard InChI is InChI=1S/C18H24N2O/c1-13-11-15(13)12-20-16(14-7-3-2-4-8-14)19-18(17(20)21)9-5-6-10-18/h2-4,7-8,13,15-16,19H,5-6,9-12H2,1H3. The molecule has 0 radical (unpaired) electrons. The average Bonchev–Trinajstić information content (AvgIpc) is 2.92. The number of amides is 1. The minimum absolute atomic E-state index is 0.0737. The number of hydrogen-bond donors (Lipinski definition) is 1. The van der Waals surface area contributed by atoms with Gasteiger partial charge in [-0.05, 0) is 36.7 Å². The molecule has 1 heterocycles. The number of hydrogen-bond acceptors (Lipinski definition) is 2. The SMILES string of the molecule is CC1CC1CN1C(=O)C2(CCCC2)NC1c1ccccc1. The minimum Gasteiger partial charge on any atom is -0.321 e. The Morgan fingerprint density at radius 3 is 2.52 bits per heavy atom. The Morgan fingerprint density at radius 2 is 1.90 bits per heavy atom. The third-order valence-corrected chi connectivity index (χ3v) is 5.67. The third kappa shape index (κ3) is 2.18. The van der Waals surface area contributed by atoms with Gasteiger partial charge in [0.25, 0.3) is 0 Å². The summed E-state index contributed by atoms with van der Waals surface area (Å²) in [6, 6.07) is 10.5. The van der Waals surface area contributed by atoms with Gasteiger partial charge >= 0.3 is 0 Å². The van der Waals surface area contributed by atoms with Crippen LogP contribution in [0.5, 0.6) is 0 Å². The van der Waals surface area contributed by atoms with E-state index in [9.17, 15) is 4.79 Å². The fraction of sp³-hybridized carbons (Fsp3) is 0.611. The molecule has 1 N–H and O–H groups in total. The molecule has 0 bridgehead atoms. The number of nitrogens with zero attached hydrogens (tertiary/aromatic N) is 1. The van der Waals surface area contributed by atoms with Crippen molar-refractivity contribution in [3.05, 3.63) is 35.9 Å². The van der Waals surface area contributed by atoms with E-state index in [0.29, 0.717) is 11.8 Å². The molecule has 3 nitrogen and oxygen atoms in total. The summed E-state index contributed by atoms with van der Waals surface area (Å²) >= 11 is 0. The van der Waals surface area contributed by atoms with Crippen LogP contribution in [0.2, 0.25) is 0 Å². The van der Waals surface area contributed by atoms with Crippen molar-refractivity contribution in [1.82, 2.24) is 10.2 Å². The van der Waals surface area contributed by atoms with Crippen LogP contribution in [0.1, 0.15) is 50.8 Å². The Balaban J connectivity index is 1.64. The molecular weight excluding hydrogens is 260 g/mol. The Bertz CT molecular complexity index is 535. The smallest absolute Gasteiger partial charge is 0.244 e. The molecule has 1 aliphatic heterocycles. The first kappa shape index (κ1) is 13.3. The normalized spacial score (nSPS) is 33.9. The molecule has 3 atom stereocenters. The molecule has 1 spiro atoms. The molecule has 2 saturated carbocycles. The van der Waals surface area contributed by atoms with Gasteiger partial charge in [0.1, 0.15) is 6.17 Å². The number of nitrogens with one attached hydrogen (secondary N) is 1. The summed E-state index contributed by atoms with van der Waals surface area (Å²) in [7, 11) is 0. The molecule has 4 rings (SSSR count). The summed E-state index contributed by atoms with van der Waals surface area (Å²) in [5.41, 5.74) is 0.960. The van der Waals surface area contributed by atoms with Crippen molar-refractivity contribution in [1.29, 1.82) is 0 Å². The van der Waals surface area contributed by atoms with Gasteiger partial charge < -0.3 is 4.90 Å². The molecule has 1 aromatic carbocycles. The molecule has 0 aromatic heterocycles. The number of carbonyl (C=O) groups is 1. The summed E-state index contributed by atoms with van der Waals surface area (Å²) in [6.45, 7) is 3.22. The van der Waals surface area contributed by atoms with Crippen molar-refractivity contribution in [3.8, 4) is 0 Å². The van der Waals surface area contributed by atoms with Crippen LogP contribution in [0.4, 0.5) is 0 Å². The Kier molecular flexibility index (Phi) is 3.07. The van der Waals surface area contributed by atoms with Gasteiger partial charge in [0, 0.05) is 6.54 Å². The fourth-order valence-electron chi connectivity index (χ4n) is 4.12. The van der Waals surface area contributed by atoms with E-state index in [0.717, 1.165) is 25.3 Å². The minimum atomic E-state index is -0.265. The van der Waals surface area contributed by atoms with Crippen LogP contribution in [0, 0.1) is 11.8 Å². The zero-order valence-corrected chi connectivity index (χ0v) is 12.7. The van der Waals surface area contributed by atoms with Crippen LogP contribution in [0.3, 0.4) is 0 Å². The lowest BCUT2D eigenvalue weighted by Crippen LogP contribution is -2.44. The molecule has 1 aromatic rings. The van der Waals surface area contributed by atoms with Gasteiger partial charge in [-0.1, -0.05) is 50.1 Å². The van der Waals surface area contributed by atoms with Crippen LogP contribution >= 0.6 is 0 Å². The Labute approximate surface area is 126 Å². The monoisotopic (exact) mass is 284 g/mol. The predicted octanol–water partition coefficient (Wildman–Crippen LogP) is 3.09. The summed E-state index contributed by atoms with van der Waals surface area (Å²) in [4.78, 5) is 15.2. The fourth-order valence-corrected chi connectivity index (χ4v) is 4.12. The maximum atomic E-state index is 13.0. The first-order chi connectivity index (χ1) is 10.2. The molecule has 1 saturated heterocycles. The molecule has 3 aliphatic rings. The molecule has 3 unspecified atom stereocenters. The highest BCUT2D eigenvalue weighted by Crippen LogP contribution is 2.45. The predicted molar refractivity (Wildman–Crippen MR) is 82.5 cm³/mol. The molecular formula is C18H24N2O. The van der Waals surface area contributed by atoms with E-state index < -0.39 is 0 Å². The molecule has 112 valence electrons. The average molecular weight is 284 g/mol. The second kappa shape index (κ2) is 4.84. The van der Waals surface area contributed by atoms with Gasteiger partial charge in [-0.3, -0.25) is 10.1 Å². The van der Waals surface area contributed by atoms with E-state index in [-0.39, 0.29) is 11.7 Å². The van der Waals surface area contributed by atoms with Crippen LogP contribution in [0.25, 0.3) is 0 Å². The van der Waals surface area contributed by atoms with Crippen molar-refractivity contribution in [2.75, 3.05) is 6.54 Å². The van der Waals surface area contributed by atoms with E-state index >= 15 is 0 Å². The van der Waals surface area contributed by atoms with Gasteiger partial charge in [0.05, 0.1) is 5.54 Å². The third-order valence-electron chi connectivity index (χ3n) is 5.67. The maximum absolute atomic E-state index is 13.0. The second-order valence-electron chi connectivity index (χ2n) is 7.18. The molecule has 3 heteroatoms. The molecule has 2 aliphatic carbocycles. The van der Waals surface area contributed by atoms with Crippen molar-refractivity contribution < 1.29 is 4.79 Å². The summed E-state index contributed by atoms with van der Waals surface area (Å²) < 4.78 is 0. The van der Waals surface area contributed by atoms with Gasteiger partial charge in [0.15, 0.2) is 0 Å². The zero-order chi connectivity index (χ0) is 14.4. The summed E-state index contributed by atoms with van der Waals surface area (Å²) in [5.74, 6) is 1.85. The highest BCUT2D eigenvalue weighted by Gasteiger charge is 2.53. The van der Waals surface area contributed by atoms with Crippen molar-refractivity contribution in [2.45, 2.75) is 50.7 Å². The first-order valence-electron chi connectivity index (χ1n) is 8.33. The largest absolute Gasteiger partial charge is 0.321 e. The van der Waals surface area contributed by atoms with Crippen molar-refractivity contribution in [3.63, 3.8) is 0 Å². The highest BCUT2D eigenvalue weighted by atomic mass is 16.2. The summed E-state index contributed by atoms with van der Waals surface area (Å²) in [5, 5.41) is 3.71. The molecule has 1 amide bonds. The van der Waals surface area contributed by atoms with Crippen LogP contribution in [-0.2, 0) is 4.79 Å². The van der Waals surface area contributed by atoms with E-state index in [1.165, 1.54) is 24.8 Å². The molecule has 21 heavy (non-hydrogen) atoms. The zero-order valence-electron chi connectivity index (χ0n) is 12.7. The lowest BCUT2D eigenvalue weighted by molar-refractivity contribution is -0.133. The van der Waals surface area contributed by atoms with Gasteiger partial charge in [0.2, 0.25) is 5.91 Å². The van der Waals surface area contributed by atoms with Crippen LogP contribution in [0.15, 0.2) is 30.3 Å². The lowest BCUT2D eigenvalue weighted by Gasteiger charge is -2.24. The number of benzene rings is 1. The van der Waals surface area contributed by atoms with Gasteiger partial charge in [-0.15, -0.1) is 0 Å².